The Bertz CT molecular complexity index is 459. The first-order valence-corrected chi connectivity index (χ1v) is 6.05. The average molecular weight is 268 g/mol. The predicted octanol–water partition coefficient (Wildman–Crippen LogP) is 1.36. The summed E-state index contributed by atoms with van der Waals surface area (Å²) in [6.07, 6.45) is -0.139. The molecule has 1 aromatic heterocycles. The van der Waals surface area contributed by atoms with Gasteiger partial charge >= 0.3 is 5.97 Å². The second-order valence-corrected chi connectivity index (χ2v) is 5.46. The molecule has 1 amide bonds. The zero-order valence-corrected chi connectivity index (χ0v) is 11.4. The molecule has 0 aromatic carbocycles. The number of hydrogen-bond acceptors (Lipinski definition) is 4. The zero-order chi connectivity index (χ0) is 14.6. The van der Waals surface area contributed by atoms with Crippen LogP contribution < -0.4 is 11.1 Å². The lowest BCUT2D eigenvalue weighted by Gasteiger charge is -2.30. The number of hydrogen-bond donors (Lipinski definition) is 3. The van der Waals surface area contributed by atoms with Gasteiger partial charge in [0.25, 0.3) is 5.91 Å². The van der Waals surface area contributed by atoms with Crippen LogP contribution in [-0.2, 0) is 11.3 Å². The molecule has 1 rings (SSSR count). The molecule has 0 radical (unpaired) electrons. The SMILES string of the molecule is CC(C)(C)C(CC(=O)O)NC(=O)c1ccc(CN)o1. The van der Waals surface area contributed by atoms with E-state index < -0.39 is 17.9 Å². The van der Waals surface area contributed by atoms with Gasteiger partial charge in [-0.25, -0.2) is 0 Å². The minimum atomic E-state index is -0.956. The van der Waals surface area contributed by atoms with Gasteiger partial charge < -0.3 is 20.6 Å². The van der Waals surface area contributed by atoms with E-state index in [4.69, 9.17) is 15.3 Å². The van der Waals surface area contributed by atoms with Gasteiger partial charge in [-0.05, 0) is 17.5 Å². The first-order valence-electron chi connectivity index (χ1n) is 6.05. The Labute approximate surface area is 112 Å². The second kappa shape index (κ2) is 5.88. The molecule has 0 aliphatic carbocycles. The number of nitrogens with one attached hydrogen (secondary N) is 1. The molecule has 1 unspecified atom stereocenters. The maximum Gasteiger partial charge on any atom is 0.305 e. The van der Waals surface area contributed by atoms with Gasteiger partial charge in [0.1, 0.15) is 5.76 Å². The summed E-state index contributed by atoms with van der Waals surface area (Å²) in [5.74, 6) is -0.737. The first-order chi connectivity index (χ1) is 8.74. The van der Waals surface area contributed by atoms with Crippen molar-refractivity contribution in [3.05, 3.63) is 23.7 Å². The molecular weight excluding hydrogens is 248 g/mol. The van der Waals surface area contributed by atoms with Crippen LogP contribution in [0.25, 0.3) is 0 Å². The summed E-state index contributed by atoms with van der Waals surface area (Å²) in [5, 5.41) is 11.6. The van der Waals surface area contributed by atoms with Gasteiger partial charge in [-0.3, -0.25) is 9.59 Å². The molecule has 6 nitrogen and oxygen atoms in total. The summed E-state index contributed by atoms with van der Waals surface area (Å²) >= 11 is 0. The van der Waals surface area contributed by atoms with Crippen LogP contribution >= 0.6 is 0 Å². The molecule has 0 saturated carbocycles. The highest BCUT2D eigenvalue weighted by molar-refractivity contribution is 5.92. The Morgan fingerprint density at radius 1 is 1.42 bits per heavy atom. The van der Waals surface area contributed by atoms with Crippen molar-refractivity contribution in [2.45, 2.75) is 39.8 Å². The third-order valence-corrected chi connectivity index (χ3v) is 2.82. The molecular formula is C13H20N2O4. The monoisotopic (exact) mass is 268 g/mol. The van der Waals surface area contributed by atoms with E-state index >= 15 is 0 Å². The molecule has 0 spiro atoms. The highest BCUT2D eigenvalue weighted by Gasteiger charge is 2.29. The maximum absolute atomic E-state index is 12.0. The van der Waals surface area contributed by atoms with Crippen molar-refractivity contribution in [1.29, 1.82) is 0 Å². The Kier molecular flexibility index (Phi) is 4.72. The lowest BCUT2D eigenvalue weighted by atomic mass is 9.84. The van der Waals surface area contributed by atoms with Gasteiger partial charge in [-0.2, -0.15) is 0 Å². The molecule has 0 saturated heterocycles. The van der Waals surface area contributed by atoms with Gasteiger partial charge in [-0.1, -0.05) is 20.8 Å². The first kappa shape index (κ1) is 15.2. The Morgan fingerprint density at radius 2 is 2.05 bits per heavy atom. The predicted molar refractivity (Wildman–Crippen MR) is 69.6 cm³/mol. The van der Waals surface area contributed by atoms with E-state index in [1.165, 1.54) is 6.07 Å². The highest BCUT2D eigenvalue weighted by atomic mass is 16.4. The molecule has 0 aliphatic rings. The number of aliphatic carboxylic acids is 1. The minimum absolute atomic E-state index is 0.139. The molecule has 4 N–H and O–H groups in total. The Morgan fingerprint density at radius 3 is 2.47 bits per heavy atom. The number of carbonyl (C=O) groups excluding carboxylic acids is 1. The zero-order valence-electron chi connectivity index (χ0n) is 11.4. The van der Waals surface area contributed by atoms with E-state index in [1.807, 2.05) is 20.8 Å². The van der Waals surface area contributed by atoms with Crippen LogP contribution in [0.15, 0.2) is 16.5 Å². The van der Waals surface area contributed by atoms with Crippen LogP contribution in [0.2, 0.25) is 0 Å². The van der Waals surface area contributed by atoms with Crippen molar-refractivity contribution in [2.24, 2.45) is 11.1 Å². The topological polar surface area (TPSA) is 106 Å². The lowest BCUT2D eigenvalue weighted by Crippen LogP contribution is -2.44. The highest BCUT2D eigenvalue weighted by Crippen LogP contribution is 2.22. The minimum Gasteiger partial charge on any atom is -0.481 e. The lowest BCUT2D eigenvalue weighted by molar-refractivity contribution is -0.138. The van der Waals surface area contributed by atoms with Crippen LogP contribution in [0.4, 0.5) is 0 Å². The molecule has 0 bridgehead atoms. The summed E-state index contributed by atoms with van der Waals surface area (Å²) in [6.45, 7) is 5.82. The van der Waals surface area contributed by atoms with E-state index in [9.17, 15) is 9.59 Å². The van der Waals surface area contributed by atoms with E-state index in [-0.39, 0.29) is 24.1 Å². The van der Waals surface area contributed by atoms with Crippen LogP contribution in [0.3, 0.4) is 0 Å². The fourth-order valence-corrected chi connectivity index (χ4v) is 1.59. The number of carboxylic acid groups (broad SMARTS) is 1. The van der Waals surface area contributed by atoms with Crippen molar-refractivity contribution in [2.75, 3.05) is 0 Å². The molecule has 19 heavy (non-hydrogen) atoms. The fourth-order valence-electron chi connectivity index (χ4n) is 1.59. The number of furan rings is 1. The number of nitrogens with two attached hydrogens (primary N) is 1. The van der Waals surface area contributed by atoms with E-state index in [1.54, 1.807) is 6.07 Å². The van der Waals surface area contributed by atoms with Crippen molar-refractivity contribution in [3.8, 4) is 0 Å². The Balaban J connectivity index is 2.78. The number of carboxylic acids is 1. The standard InChI is InChI=1S/C13H20N2O4/c1-13(2,3)10(6-11(16)17)15-12(18)9-5-4-8(7-14)19-9/h4-5,10H,6-7,14H2,1-3H3,(H,15,18)(H,16,17). The van der Waals surface area contributed by atoms with E-state index in [0.717, 1.165) is 0 Å². The summed E-state index contributed by atoms with van der Waals surface area (Å²) in [6, 6.07) is 2.67. The normalized spacial score (nSPS) is 13.1. The molecule has 106 valence electrons. The van der Waals surface area contributed by atoms with Crippen molar-refractivity contribution >= 4 is 11.9 Å². The molecule has 0 aliphatic heterocycles. The molecule has 1 heterocycles. The largest absolute Gasteiger partial charge is 0.481 e. The third kappa shape index (κ3) is 4.40. The summed E-state index contributed by atoms with van der Waals surface area (Å²) in [5.41, 5.74) is 5.03. The van der Waals surface area contributed by atoms with Crippen LogP contribution in [0.1, 0.15) is 43.5 Å². The number of amides is 1. The van der Waals surface area contributed by atoms with E-state index in [2.05, 4.69) is 5.32 Å². The van der Waals surface area contributed by atoms with Gasteiger partial charge in [0, 0.05) is 6.04 Å². The number of rotatable bonds is 5. The van der Waals surface area contributed by atoms with Gasteiger partial charge in [0.05, 0.1) is 13.0 Å². The van der Waals surface area contributed by atoms with Gasteiger partial charge in [-0.15, -0.1) is 0 Å². The smallest absolute Gasteiger partial charge is 0.305 e. The van der Waals surface area contributed by atoms with Crippen LogP contribution in [0.5, 0.6) is 0 Å². The Hall–Kier alpha value is -1.82. The molecule has 1 atom stereocenters. The number of carbonyl (C=O) groups is 2. The summed E-state index contributed by atoms with van der Waals surface area (Å²) in [7, 11) is 0. The average Bonchev–Trinajstić information content (AvgIpc) is 2.74. The maximum atomic E-state index is 12.0. The second-order valence-electron chi connectivity index (χ2n) is 5.46. The molecule has 1 aromatic rings. The van der Waals surface area contributed by atoms with Crippen molar-refractivity contribution in [1.82, 2.24) is 5.32 Å². The van der Waals surface area contributed by atoms with Gasteiger partial charge in [0.15, 0.2) is 5.76 Å². The third-order valence-electron chi connectivity index (χ3n) is 2.82. The van der Waals surface area contributed by atoms with Crippen molar-refractivity contribution < 1.29 is 19.1 Å². The van der Waals surface area contributed by atoms with E-state index in [0.29, 0.717) is 5.76 Å². The van der Waals surface area contributed by atoms with Crippen LogP contribution in [0, 0.1) is 5.41 Å². The summed E-state index contributed by atoms with van der Waals surface area (Å²) in [4.78, 5) is 22.8. The van der Waals surface area contributed by atoms with Crippen LogP contribution in [-0.4, -0.2) is 23.0 Å². The quantitative estimate of drug-likeness (QED) is 0.747. The summed E-state index contributed by atoms with van der Waals surface area (Å²) < 4.78 is 5.23. The molecule has 0 fully saturated rings. The fraction of sp³-hybridized carbons (Fsp3) is 0.538. The molecule has 6 heteroatoms. The van der Waals surface area contributed by atoms with Gasteiger partial charge in [0.2, 0.25) is 0 Å². The van der Waals surface area contributed by atoms with Crippen molar-refractivity contribution in [3.63, 3.8) is 0 Å².